The maximum absolute atomic E-state index is 11.5. The Morgan fingerprint density at radius 1 is 1.35 bits per heavy atom. The fourth-order valence-electron chi connectivity index (χ4n) is 2.37. The van der Waals surface area contributed by atoms with Crippen LogP contribution in [0.1, 0.15) is 32.6 Å². The van der Waals surface area contributed by atoms with Gasteiger partial charge in [0.15, 0.2) is 0 Å². The zero-order chi connectivity index (χ0) is 12.7. The Morgan fingerprint density at radius 3 is 2.65 bits per heavy atom. The highest BCUT2D eigenvalue weighted by Crippen LogP contribution is 2.10. The van der Waals surface area contributed by atoms with Crippen molar-refractivity contribution >= 4 is 5.91 Å². The predicted molar refractivity (Wildman–Crippen MR) is 71.1 cm³/mol. The molecule has 0 bridgehead atoms. The highest BCUT2D eigenvalue weighted by atomic mass is 16.2. The van der Waals surface area contributed by atoms with E-state index in [1.807, 2.05) is 14.1 Å². The van der Waals surface area contributed by atoms with Crippen molar-refractivity contribution in [3.05, 3.63) is 0 Å². The van der Waals surface area contributed by atoms with Gasteiger partial charge in [-0.25, -0.2) is 0 Å². The van der Waals surface area contributed by atoms with Gasteiger partial charge in [0.2, 0.25) is 5.91 Å². The van der Waals surface area contributed by atoms with Gasteiger partial charge in [-0.15, -0.1) is 0 Å². The number of rotatable bonds is 7. The second kappa shape index (κ2) is 7.67. The second-order valence-electron chi connectivity index (χ2n) is 5.07. The molecule has 4 heteroatoms. The summed E-state index contributed by atoms with van der Waals surface area (Å²) < 4.78 is 0. The summed E-state index contributed by atoms with van der Waals surface area (Å²) in [4.78, 5) is 15.7. The molecule has 1 aliphatic rings. The van der Waals surface area contributed by atoms with Gasteiger partial charge in [-0.05, 0) is 38.9 Å². The van der Waals surface area contributed by atoms with Crippen molar-refractivity contribution in [2.75, 3.05) is 40.3 Å². The predicted octanol–water partition coefficient (Wildman–Crippen LogP) is 0.929. The van der Waals surface area contributed by atoms with E-state index in [0.29, 0.717) is 12.5 Å². The van der Waals surface area contributed by atoms with E-state index in [2.05, 4.69) is 17.1 Å². The molecule has 1 rings (SSSR count). The third-order valence-corrected chi connectivity index (χ3v) is 3.40. The van der Waals surface area contributed by atoms with Crippen LogP contribution in [-0.4, -0.2) is 62.0 Å². The average Bonchev–Trinajstić information content (AvgIpc) is 2.80. The molecule has 1 atom stereocenters. The Bertz CT molecular complexity index is 225. The number of nitrogens with zero attached hydrogens (tertiary/aromatic N) is 2. The summed E-state index contributed by atoms with van der Waals surface area (Å²) >= 11 is 0. The highest BCUT2D eigenvalue weighted by molar-refractivity contribution is 5.75. The lowest BCUT2D eigenvalue weighted by Crippen LogP contribution is -2.38. The van der Waals surface area contributed by atoms with Gasteiger partial charge in [-0.3, -0.25) is 9.69 Å². The zero-order valence-corrected chi connectivity index (χ0v) is 11.5. The fraction of sp³-hybridized carbons (Fsp3) is 0.923. The summed E-state index contributed by atoms with van der Waals surface area (Å²) in [5, 5.41) is 3.41. The van der Waals surface area contributed by atoms with Crippen LogP contribution >= 0.6 is 0 Å². The molecule has 0 radical (unpaired) electrons. The molecular formula is C13H27N3O. The Morgan fingerprint density at radius 2 is 2.12 bits per heavy atom. The molecule has 4 nitrogen and oxygen atoms in total. The molecule has 0 aliphatic carbocycles. The second-order valence-corrected chi connectivity index (χ2v) is 5.07. The number of nitrogens with one attached hydrogen (secondary N) is 1. The lowest BCUT2D eigenvalue weighted by molar-refractivity contribution is -0.128. The summed E-state index contributed by atoms with van der Waals surface area (Å²) in [6.45, 7) is 6.69. The lowest BCUT2D eigenvalue weighted by atomic mass is 10.2. The Labute approximate surface area is 105 Å². The maximum Gasteiger partial charge on any atom is 0.222 e. The molecule has 1 N–H and O–H groups in total. The smallest absolute Gasteiger partial charge is 0.222 e. The van der Waals surface area contributed by atoms with Crippen LogP contribution in [0.2, 0.25) is 0 Å². The summed E-state index contributed by atoms with van der Waals surface area (Å²) in [6, 6.07) is 0.685. The van der Waals surface area contributed by atoms with E-state index < -0.39 is 0 Å². The molecule has 1 fully saturated rings. The molecule has 0 aromatic rings. The number of hydrogen-bond donors (Lipinski definition) is 1. The van der Waals surface area contributed by atoms with E-state index in [4.69, 9.17) is 0 Å². The maximum atomic E-state index is 11.5. The van der Waals surface area contributed by atoms with Crippen molar-refractivity contribution in [2.45, 2.75) is 38.6 Å². The number of carbonyl (C=O) groups excluding carboxylic acids is 1. The van der Waals surface area contributed by atoms with Crippen molar-refractivity contribution in [2.24, 2.45) is 0 Å². The summed E-state index contributed by atoms with van der Waals surface area (Å²) in [5.41, 5.74) is 0. The topological polar surface area (TPSA) is 35.6 Å². The van der Waals surface area contributed by atoms with Gasteiger partial charge in [0, 0.05) is 33.1 Å². The van der Waals surface area contributed by atoms with Crippen LogP contribution in [0.25, 0.3) is 0 Å². The number of amides is 1. The molecule has 0 spiro atoms. The summed E-state index contributed by atoms with van der Waals surface area (Å²) in [6.07, 6.45) is 4.10. The first-order valence-corrected chi connectivity index (χ1v) is 6.80. The third kappa shape index (κ3) is 5.04. The van der Waals surface area contributed by atoms with Gasteiger partial charge in [-0.2, -0.15) is 0 Å². The minimum atomic E-state index is 0.242. The number of carbonyl (C=O) groups is 1. The van der Waals surface area contributed by atoms with Crippen molar-refractivity contribution in [1.29, 1.82) is 0 Å². The van der Waals surface area contributed by atoms with Crippen LogP contribution in [-0.2, 0) is 4.79 Å². The van der Waals surface area contributed by atoms with E-state index in [1.165, 1.54) is 12.8 Å². The lowest BCUT2D eigenvalue weighted by Gasteiger charge is -2.28. The molecule has 0 saturated carbocycles. The van der Waals surface area contributed by atoms with E-state index in [0.717, 1.165) is 32.6 Å². The van der Waals surface area contributed by atoms with Gasteiger partial charge in [0.1, 0.15) is 0 Å². The van der Waals surface area contributed by atoms with Crippen molar-refractivity contribution in [3.8, 4) is 0 Å². The monoisotopic (exact) mass is 241 g/mol. The van der Waals surface area contributed by atoms with Gasteiger partial charge < -0.3 is 10.2 Å². The third-order valence-electron chi connectivity index (χ3n) is 3.40. The Balaban J connectivity index is 2.26. The summed E-state index contributed by atoms with van der Waals surface area (Å²) in [5.74, 6) is 0.242. The molecule has 1 unspecified atom stereocenters. The molecule has 0 aromatic heterocycles. The molecule has 17 heavy (non-hydrogen) atoms. The van der Waals surface area contributed by atoms with Crippen molar-refractivity contribution < 1.29 is 4.79 Å². The molecule has 1 heterocycles. The molecule has 1 saturated heterocycles. The minimum absolute atomic E-state index is 0.242. The summed E-state index contributed by atoms with van der Waals surface area (Å²) in [7, 11) is 3.65. The van der Waals surface area contributed by atoms with E-state index in [-0.39, 0.29) is 5.91 Å². The van der Waals surface area contributed by atoms with Crippen molar-refractivity contribution in [1.82, 2.24) is 15.1 Å². The highest BCUT2D eigenvalue weighted by Gasteiger charge is 2.21. The van der Waals surface area contributed by atoms with E-state index in [9.17, 15) is 4.79 Å². The average molecular weight is 241 g/mol. The minimum Gasteiger partial charge on any atom is -0.349 e. The standard InChI is InChI=1S/C13H27N3O/c1-4-9-16(12-7-8-14-11-12)10-5-6-13(17)15(2)3/h12,14H,4-11H2,1-3H3. The van der Waals surface area contributed by atoms with Crippen LogP contribution < -0.4 is 5.32 Å². The quantitative estimate of drug-likeness (QED) is 0.720. The largest absolute Gasteiger partial charge is 0.349 e. The van der Waals surface area contributed by atoms with Crippen LogP contribution in [0.5, 0.6) is 0 Å². The van der Waals surface area contributed by atoms with Gasteiger partial charge in [-0.1, -0.05) is 6.92 Å². The first-order chi connectivity index (χ1) is 8.15. The van der Waals surface area contributed by atoms with E-state index in [1.54, 1.807) is 4.90 Å². The normalized spacial score (nSPS) is 19.9. The van der Waals surface area contributed by atoms with E-state index >= 15 is 0 Å². The van der Waals surface area contributed by atoms with Crippen molar-refractivity contribution in [3.63, 3.8) is 0 Å². The van der Waals surface area contributed by atoms with Crippen LogP contribution in [0.3, 0.4) is 0 Å². The first-order valence-electron chi connectivity index (χ1n) is 6.80. The molecule has 1 amide bonds. The van der Waals surface area contributed by atoms with Crippen LogP contribution in [0.4, 0.5) is 0 Å². The Kier molecular flexibility index (Phi) is 6.52. The fourth-order valence-corrected chi connectivity index (χ4v) is 2.37. The molecule has 1 aliphatic heterocycles. The van der Waals surface area contributed by atoms with Crippen LogP contribution in [0.15, 0.2) is 0 Å². The molecule has 100 valence electrons. The van der Waals surface area contributed by atoms with Gasteiger partial charge in [0.05, 0.1) is 0 Å². The SMILES string of the molecule is CCCN(CCCC(=O)N(C)C)C1CCNC1. The van der Waals surface area contributed by atoms with Crippen LogP contribution in [0, 0.1) is 0 Å². The number of hydrogen-bond acceptors (Lipinski definition) is 3. The molecule has 0 aromatic carbocycles. The first kappa shape index (κ1) is 14.5. The molecular weight excluding hydrogens is 214 g/mol. The Hall–Kier alpha value is -0.610. The zero-order valence-electron chi connectivity index (χ0n) is 11.5. The van der Waals surface area contributed by atoms with Gasteiger partial charge >= 0.3 is 0 Å². The van der Waals surface area contributed by atoms with Gasteiger partial charge in [0.25, 0.3) is 0 Å².